The van der Waals surface area contributed by atoms with E-state index in [1.165, 1.54) is 0 Å². The zero-order valence-electron chi connectivity index (χ0n) is 11.8. The lowest BCUT2D eigenvalue weighted by atomic mass is 10.1. The lowest BCUT2D eigenvalue weighted by molar-refractivity contribution is 0.308. The molecule has 0 fully saturated rings. The number of hydrogen-bond donors (Lipinski definition) is 2. The molecule has 0 unspecified atom stereocenters. The first kappa shape index (κ1) is 14.1. The largest absolute Gasteiger partial charge is 0.493 e. The van der Waals surface area contributed by atoms with Gasteiger partial charge in [0.2, 0.25) is 0 Å². The minimum Gasteiger partial charge on any atom is -0.493 e. The fourth-order valence-electron chi connectivity index (χ4n) is 1.96. The molecular formula is C15H19N3O2. The Kier molecular flexibility index (Phi) is 4.76. The highest BCUT2D eigenvalue weighted by atomic mass is 16.5. The second-order valence-corrected chi connectivity index (χ2v) is 4.69. The zero-order valence-corrected chi connectivity index (χ0v) is 11.8. The van der Waals surface area contributed by atoms with E-state index >= 15 is 0 Å². The molecule has 0 aliphatic carbocycles. The maximum Gasteiger partial charge on any atom is 0.122 e. The van der Waals surface area contributed by atoms with E-state index in [2.05, 4.69) is 15.1 Å². The summed E-state index contributed by atoms with van der Waals surface area (Å²) in [4.78, 5) is 7.05. The maximum absolute atomic E-state index is 8.76. The summed E-state index contributed by atoms with van der Waals surface area (Å²) >= 11 is 0. The van der Waals surface area contributed by atoms with Crippen LogP contribution in [0.5, 0.6) is 5.75 Å². The summed E-state index contributed by atoms with van der Waals surface area (Å²) < 4.78 is 5.77. The number of aromatic amines is 1. The predicted molar refractivity (Wildman–Crippen MR) is 77.6 cm³/mol. The molecule has 0 saturated carbocycles. The number of aromatic nitrogens is 2. The topological polar surface area (TPSA) is 70.5 Å². The third-order valence-corrected chi connectivity index (χ3v) is 3.15. The fourth-order valence-corrected chi connectivity index (χ4v) is 1.96. The van der Waals surface area contributed by atoms with Gasteiger partial charge in [-0.05, 0) is 56.0 Å². The summed E-state index contributed by atoms with van der Waals surface area (Å²) in [6, 6.07) is 5.76. The Bertz CT molecular complexity index is 577. The summed E-state index contributed by atoms with van der Waals surface area (Å²) in [5.74, 6) is 0.865. The van der Waals surface area contributed by atoms with Gasteiger partial charge in [-0.1, -0.05) is 5.16 Å². The number of imidazole rings is 1. The van der Waals surface area contributed by atoms with Crippen LogP contribution in [0.1, 0.15) is 30.2 Å². The van der Waals surface area contributed by atoms with Crippen LogP contribution in [0.3, 0.4) is 0 Å². The van der Waals surface area contributed by atoms with Crippen molar-refractivity contribution >= 4 is 5.71 Å². The number of ether oxygens (including phenoxy) is 1. The Morgan fingerprint density at radius 2 is 2.30 bits per heavy atom. The van der Waals surface area contributed by atoms with E-state index < -0.39 is 0 Å². The number of oxime groups is 1. The minimum atomic E-state index is 0.596. The molecule has 0 saturated heterocycles. The van der Waals surface area contributed by atoms with Crippen molar-refractivity contribution in [3.8, 4) is 5.75 Å². The standard InChI is InChI=1S/C15H19N3O2/c1-11-8-13(12(2)18-19)5-6-15(11)20-7-3-4-14-9-16-10-17-14/h5-6,8-10,19H,3-4,7H2,1-2H3,(H,16,17)/b18-12+. The van der Waals surface area contributed by atoms with Gasteiger partial charge in [0.25, 0.3) is 0 Å². The van der Waals surface area contributed by atoms with Crippen molar-refractivity contribution in [1.29, 1.82) is 0 Å². The first-order valence-electron chi connectivity index (χ1n) is 6.60. The highest BCUT2D eigenvalue weighted by Crippen LogP contribution is 2.20. The van der Waals surface area contributed by atoms with Gasteiger partial charge < -0.3 is 14.9 Å². The molecule has 1 aromatic heterocycles. The van der Waals surface area contributed by atoms with Crippen LogP contribution in [0.15, 0.2) is 35.9 Å². The molecule has 2 aromatic rings. The normalized spacial score (nSPS) is 11.6. The maximum atomic E-state index is 8.76. The third kappa shape index (κ3) is 3.60. The Balaban J connectivity index is 1.87. The molecule has 0 bridgehead atoms. The number of aryl methyl sites for hydroxylation is 2. The Labute approximate surface area is 118 Å². The number of nitrogens with one attached hydrogen (secondary N) is 1. The van der Waals surface area contributed by atoms with E-state index in [9.17, 15) is 0 Å². The van der Waals surface area contributed by atoms with Crippen molar-refractivity contribution in [2.75, 3.05) is 6.61 Å². The zero-order chi connectivity index (χ0) is 14.4. The monoisotopic (exact) mass is 273 g/mol. The van der Waals surface area contributed by atoms with Gasteiger partial charge in [0.15, 0.2) is 0 Å². The summed E-state index contributed by atoms with van der Waals surface area (Å²) in [6.45, 7) is 4.41. The molecule has 0 atom stereocenters. The predicted octanol–water partition coefficient (Wildman–Crippen LogP) is 2.93. The number of nitrogens with zero attached hydrogens (tertiary/aromatic N) is 2. The van der Waals surface area contributed by atoms with Crippen molar-refractivity contribution in [3.63, 3.8) is 0 Å². The van der Waals surface area contributed by atoms with Crippen molar-refractivity contribution in [3.05, 3.63) is 47.5 Å². The van der Waals surface area contributed by atoms with Crippen LogP contribution in [0, 0.1) is 6.92 Å². The van der Waals surface area contributed by atoms with Crippen LogP contribution in [0.4, 0.5) is 0 Å². The van der Waals surface area contributed by atoms with Crippen LogP contribution in [-0.2, 0) is 6.42 Å². The third-order valence-electron chi connectivity index (χ3n) is 3.15. The summed E-state index contributed by atoms with van der Waals surface area (Å²) in [5, 5.41) is 12.0. The van der Waals surface area contributed by atoms with E-state index in [1.54, 1.807) is 13.3 Å². The van der Waals surface area contributed by atoms with Gasteiger partial charge >= 0.3 is 0 Å². The minimum absolute atomic E-state index is 0.596. The fraction of sp³-hybridized carbons (Fsp3) is 0.333. The van der Waals surface area contributed by atoms with Crippen molar-refractivity contribution in [2.24, 2.45) is 5.16 Å². The Morgan fingerprint density at radius 3 is 2.95 bits per heavy atom. The highest BCUT2D eigenvalue weighted by molar-refractivity contribution is 5.98. The lowest BCUT2D eigenvalue weighted by Crippen LogP contribution is -2.02. The van der Waals surface area contributed by atoms with Crippen LogP contribution >= 0.6 is 0 Å². The molecule has 1 aromatic carbocycles. The van der Waals surface area contributed by atoms with Crippen LogP contribution in [0.2, 0.25) is 0 Å². The van der Waals surface area contributed by atoms with E-state index in [4.69, 9.17) is 9.94 Å². The van der Waals surface area contributed by atoms with Gasteiger partial charge in [-0.2, -0.15) is 0 Å². The van der Waals surface area contributed by atoms with Gasteiger partial charge in [-0.25, -0.2) is 4.98 Å². The second-order valence-electron chi connectivity index (χ2n) is 4.69. The second kappa shape index (κ2) is 6.75. The molecule has 5 heteroatoms. The molecule has 2 rings (SSSR count). The first-order valence-corrected chi connectivity index (χ1v) is 6.60. The molecular weight excluding hydrogens is 254 g/mol. The van der Waals surface area contributed by atoms with Crippen molar-refractivity contribution in [1.82, 2.24) is 9.97 Å². The Hall–Kier alpha value is -2.30. The van der Waals surface area contributed by atoms with Gasteiger partial charge in [-0.15, -0.1) is 0 Å². The van der Waals surface area contributed by atoms with E-state index in [0.29, 0.717) is 12.3 Å². The first-order chi connectivity index (χ1) is 9.70. The average molecular weight is 273 g/mol. The summed E-state index contributed by atoms with van der Waals surface area (Å²) in [7, 11) is 0. The molecule has 0 radical (unpaired) electrons. The number of rotatable bonds is 6. The van der Waals surface area contributed by atoms with Crippen molar-refractivity contribution < 1.29 is 9.94 Å². The van der Waals surface area contributed by atoms with E-state index in [-0.39, 0.29) is 0 Å². The molecule has 0 aliphatic rings. The van der Waals surface area contributed by atoms with Crippen LogP contribution < -0.4 is 4.74 Å². The molecule has 1 heterocycles. The summed E-state index contributed by atoms with van der Waals surface area (Å²) in [6.07, 6.45) is 5.37. The Morgan fingerprint density at radius 1 is 1.45 bits per heavy atom. The SMILES string of the molecule is C/C(=N\O)c1ccc(OCCCc2cnc[nH]2)c(C)c1. The van der Waals surface area contributed by atoms with E-state index in [0.717, 1.165) is 35.4 Å². The van der Waals surface area contributed by atoms with E-state index in [1.807, 2.05) is 31.3 Å². The number of hydrogen-bond acceptors (Lipinski definition) is 4. The molecule has 0 spiro atoms. The van der Waals surface area contributed by atoms with Gasteiger partial charge in [0.1, 0.15) is 5.75 Å². The van der Waals surface area contributed by atoms with Crippen molar-refractivity contribution in [2.45, 2.75) is 26.7 Å². The average Bonchev–Trinajstić information content (AvgIpc) is 2.97. The van der Waals surface area contributed by atoms with Gasteiger partial charge in [0.05, 0.1) is 18.6 Å². The molecule has 5 nitrogen and oxygen atoms in total. The van der Waals surface area contributed by atoms with Crippen LogP contribution in [-0.4, -0.2) is 27.5 Å². The lowest BCUT2D eigenvalue weighted by Gasteiger charge is -2.10. The van der Waals surface area contributed by atoms with Gasteiger partial charge in [0, 0.05) is 11.9 Å². The van der Waals surface area contributed by atoms with Gasteiger partial charge in [-0.3, -0.25) is 0 Å². The molecule has 0 amide bonds. The molecule has 20 heavy (non-hydrogen) atoms. The molecule has 2 N–H and O–H groups in total. The number of benzene rings is 1. The highest BCUT2D eigenvalue weighted by Gasteiger charge is 2.04. The molecule has 0 aliphatic heterocycles. The van der Waals surface area contributed by atoms with Crippen LogP contribution in [0.25, 0.3) is 0 Å². The number of H-pyrrole nitrogens is 1. The molecule has 106 valence electrons. The quantitative estimate of drug-likeness (QED) is 0.368. The smallest absolute Gasteiger partial charge is 0.122 e. The summed E-state index contributed by atoms with van der Waals surface area (Å²) in [5.41, 5.74) is 3.65.